The molecule has 0 saturated heterocycles. The third-order valence-electron chi connectivity index (χ3n) is 3.69. The average Bonchev–Trinajstić information content (AvgIpc) is 2.55. The Kier molecular flexibility index (Phi) is 7.22. The van der Waals surface area contributed by atoms with Gasteiger partial charge in [-0.1, -0.05) is 23.7 Å². The normalized spacial score (nSPS) is 14.3. The molecule has 0 aliphatic carbocycles. The number of aliphatic imine (C=N–C) groups is 2. The van der Waals surface area contributed by atoms with Gasteiger partial charge in [0.05, 0.1) is 12.6 Å². The second-order valence-electron chi connectivity index (χ2n) is 5.80. The highest BCUT2D eigenvalue weighted by Crippen LogP contribution is 2.12. The topological polar surface area (TPSA) is 50.7 Å². The van der Waals surface area contributed by atoms with Gasteiger partial charge in [0.1, 0.15) is 11.6 Å². The van der Waals surface area contributed by atoms with Gasteiger partial charge >= 0.3 is 0 Å². The number of nitrogens with zero attached hydrogens (tertiary/aromatic N) is 2. The summed E-state index contributed by atoms with van der Waals surface area (Å²) in [7, 11) is 0. The van der Waals surface area contributed by atoms with Crippen LogP contribution in [0.3, 0.4) is 0 Å². The van der Waals surface area contributed by atoms with Gasteiger partial charge in [0.2, 0.25) is 0 Å². The summed E-state index contributed by atoms with van der Waals surface area (Å²) in [6.45, 7) is 2.38. The number of nitrogens with two attached hydrogens (primary N) is 1. The molecule has 0 fully saturated rings. The molecule has 2 N–H and O–H groups in total. The molecular weight excluding hydrogens is 344 g/mol. The fraction of sp³-hybridized carbons (Fsp3) is 0.263. The summed E-state index contributed by atoms with van der Waals surface area (Å²) in [5.74, 6) is -1.21. The Labute approximate surface area is 151 Å². The van der Waals surface area contributed by atoms with Crippen LogP contribution in [-0.2, 0) is 13.0 Å². The van der Waals surface area contributed by atoms with Gasteiger partial charge < -0.3 is 5.73 Å². The molecule has 0 aromatic heterocycles. The van der Waals surface area contributed by atoms with E-state index in [-0.39, 0.29) is 12.1 Å². The Bertz CT molecular complexity index is 725. The Morgan fingerprint density at radius 2 is 1.68 bits per heavy atom. The second kappa shape index (κ2) is 9.39. The van der Waals surface area contributed by atoms with Gasteiger partial charge in [0.25, 0.3) is 0 Å². The summed E-state index contributed by atoms with van der Waals surface area (Å²) in [5, 5.41) is 0.690. The standard InChI is InChI=1S/C19H20ClF2N3/c1-13(19(23)10-15-8-17(21)11-18(22)9-15)25-7-6-24-12-14-2-4-16(20)5-3-14/h2-9,11,13,19H,10,12,23H2,1H3. The van der Waals surface area contributed by atoms with E-state index < -0.39 is 11.6 Å². The summed E-state index contributed by atoms with van der Waals surface area (Å²) < 4.78 is 26.4. The lowest BCUT2D eigenvalue weighted by molar-refractivity contribution is 0.548. The summed E-state index contributed by atoms with van der Waals surface area (Å²) in [5.41, 5.74) is 7.62. The first-order chi connectivity index (χ1) is 11.9. The van der Waals surface area contributed by atoms with E-state index in [2.05, 4.69) is 9.98 Å². The van der Waals surface area contributed by atoms with E-state index in [1.807, 2.05) is 31.2 Å². The van der Waals surface area contributed by atoms with Crippen LogP contribution in [0, 0.1) is 11.6 Å². The van der Waals surface area contributed by atoms with Crippen molar-refractivity contribution >= 4 is 24.0 Å². The Hall–Kier alpha value is -2.11. The number of hydrogen-bond donors (Lipinski definition) is 1. The molecule has 2 aromatic rings. The molecule has 0 bridgehead atoms. The summed E-state index contributed by atoms with van der Waals surface area (Å²) in [6, 6.07) is 10.3. The first-order valence-corrected chi connectivity index (χ1v) is 8.28. The van der Waals surface area contributed by atoms with Crippen LogP contribution in [0.1, 0.15) is 18.1 Å². The van der Waals surface area contributed by atoms with Gasteiger partial charge in [-0.2, -0.15) is 0 Å². The molecule has 0 aliphatic rings. The van der Waals surface area contributed by atoms with Crippen molar-refractivity contribution in [3.63, 3.8) is 0 Å². The molecule has 0 radical (unpaired) electrons. The molecule has 6 heteroatoms. The molecule has 2 rings (SSSR count). The Balaban J connectivity index is 1.83. The third kappa shape index (κ3) is 6.72. The van der Waals surface area contributed by atoms with E-state index in [1.54, 1.807) is 12.4 Å². The molecular formula is C19H20ClF2N3. The molecule has 0 saturated carbocycles. The minimum absolute atomic E-state index is 0.201. The van der Waals surface area contributed by atoms with Crippen molar-refractivity contribution in [1.82, 2.24) is 0 Å². The molecule has 0 heterocycles. The highest BCUT2D eigenvalue weighted by atomic mass is 35.5. The Morgan fingerprint density at radius 1 is 1.04 bits per heavy atom. The number of benzene rings is 2. The van der Waals surface area contributed by atoms with Gasteiger partial charge in [0, 0.05) is 29.6 Å². The third-order valence-corrected chi connectivity index (χ3v) is 3.95. The van der Waals surface area contributed by atoms with Crippen LogP contribution in [0.15, 0.2) is 52.4 Å². The lowest BCUT2D eigenvalue weighted by Gasteiger charge is -2.16. The molecule has 2 aromatic carbocycles. The number of halogens is 3. The first-order valence-electron chi connectivity index (χ1n) is 7.90. The van der Waals surface area contributed by atoms with Crippen LogP contribution in [0.4, 0.5) is 8.78 Å². The molecule has 132 valence electrons. The van der Waals surface area contributed by atoms with Crippen LogP contribution in [0.5, 0.6) is 0 Å². The first kappa shape index (κ1) is 19.2. The van der Waals surface area contributed by atoms with Gasteiger partial charge in [-0.05, 0) is 48.7 Å². The van der Waals surface area contributed by atoms with Gasteiger partial charge in [-0.15, -0.1) is 0 Å². The molecule has 0 aliphatic heterocycles. The van der Waals surface area contributed by atoms with Crippen molar-refractivity contribution in [2.45, 2.75) is 32.0 Å². The maximum atomic E-state index is 13.2. The molecule has 0 amide bonds. The van der Waals surface area contributed by atoms with E-state index >= 15 is 0 Å². The van der Waals surface area contributed by atoms with E-state index in [0.717, 1.165) is 11.6 Å². The minimum atomic E-state index is -0.604. The molecule has 2 atom stereocenters. The van der Waals surface area contributed by atoms with Crippen molar-refractivity contribution in [2.75, 3.05) is 0 Å². The highest BCUT2D eigenvalue weighted by molar-refractivity contribution is 6.30. The number of rotatable bonds is 7. The van der Waals surface area contributed by atoms with Gasteiger partial charge in [-0.25, -0.2) is 8.78 Å². The van der Waals surface area contributed by atoms with E-state index in [0.29, 0.717) is 23.6 Å². The smallest absolute Gasteiger partial charge is 0.126 e. The lowest BCUT2D eigenvalue weighted by Crippen LogP contribution is -2.33. The maximum absolute atomic E-state index is 13.2. The van der Waals surface area contributed by atoms with Crippen molar-refractivity contribution in [3.8, 4) is 0 Å². The Morgan fingerprint density at radius 3 is 2.32 bits per heavy atom. The monoisotopic (exact) mass is 363 g/mol. The largest absolute Gasteiger partial charge is 0.326 e. The van der Waals surface area contributed by atoms with Crippen molar-refractivity contribution in [3.05, 3.63) is 70.2 Å². The second-order valence-corrected chi connectivity index (χ2v) is 6.24. The van der Waals surface area contributed by atoms with Crippen LogP contribution >= 0.6 is 11.6 Å². The van der Waals surface area contributed by atoms with Crippen LogP contribution in [0.2, 0.25) is 5.02 Å². The lowest BCUT2D eigenvalue weighted by atomic mass is 10.0. The van der Waals surface area contributed by atoms with E-state index in [4.69, 9.17) is 17.3 Å². The summed E-state index contributed by atoms with van der Waals surface area (Å²) in [4.78, 5) is 8.55. The fourth-order valence-electron chi connectivity index (χ4n) is 2.25. The van der Waals surface area contributed by atoms with Crippen molar-refractivity contribution < 1.29 is 8.78 Å². The predicted octanol–water partition coefficient (Wildman–Crippen LogP) is 4.22. The SMILES string of the molecule is CC(N=CC=NCc1ccc(Cl)cc1)C(N)Cc1cc(F)cc(F)c1. The van der Waals surface area contributed by atoms with E-state index in [1.165, 1.54) is 12.1 Å². The molecule has 25 heavy (non-hydrogen) atoms. The van der Waals surface area contributed by atoms with Gasteiger partial charge in [0.15, 0.2) is 0 Å². The fourth-order valence-corrected chi connectivity index (χ4v) is 2.38. The zero-order valence-electron chi connectivity index (χ0n) is 13.9. The molecule has 2 unspecified atom stereocenters. The zero-order valence-corrected chi connectivity index (χ0v) is 14.6. The van der Waals surface area contributed by atoms with Crippen LogP contribution in [0.25, 0.3) is 0 Å². The molecule has 3 nitrogen and oxygen atoms in total. The summed E-state index contributed by atoms with van der Waals surface area (Å²) >= 11 is 5.82. The van der Waals surface area contributed by atoms with E-state index in [9.17, 15) is 8.78 Å². The quantitative estimate of drug-likeness (QED) is 0.736. The van der Waals surface area contributed by atoms with Gasteiger partial charge in [-0.3, -0.25) is 9.98 Å². The van der Waals surface area contributed by atoms with Crippen molar-refractivity contribution in [1.29, 1.82) is 0 Å². The van der Waals surface area contributed by atoms with Crippen molar-refractivity contribution in [2.24, 2.45) is 15.7 Å². The summed E-state index contributed by atoms with van der Waals surface area (Å²) in [6.07, 6.45) is 3.54. The number of hydrogen-bond acceptors (Lipinski definition) is 3. The van der Waals surface area contributed by atoms with Crippen LogP contribution in [-0.4, -0.2) is 24.5 Å². The maximum Gasteiger partial charge on any atom is 0.126 e. The van der Waals surface area contributed by atoms with Crippen LogP contribution < -0.4 is 5.73 Å². The highest BCUT2D eigenvalue weighted by Gasteiger charge is 2.12. The average molecular weight is 364 g/mol. The predicted molar refractivity (Wildman–Crippen MR) is 99.6 cm³/mol. The minimum Gasteiger partial charge on any atom is -0.326 e. The molecule has 0 spiro atoms. The zero-order chi connectivity index (χ0) is 18.2.